The molecule has 1 fully saturated rings. The Labute approximate surface area is 90.9 Å². The molecule has 3 unspecified atom stereocenters. The molecule has 1 aliphatic carbocycles. The second kappa shape index (κ2) is 3.62. The zero-order valence-electron chi connectivity index (χ0n) is 9.96. The third-order valence-corrected chi connectivity index (χ3v) is 4.36. The Morgan fingerprint density at radius 1 is 1.27 bits per heavy atom. The van der Waals surface area contributed by atoms with Crippen molar-refractivity contribution in [3.05, 3.63) is 0 Å². The molecule has 0 spiro atoms. The van der Waals surface area contributed by atoms with Gasteiger partial charge in [-0.3, -0.25) is 9.59 Å². The Kier molecular flexibility index (Phi) is 2.94. The van der Waals surface area contributed by atoms with Crippen molar-refractivity contribution in [1.82, 2.24) is 0 Å². The maximum Gasteiger partial charge on any atom is 0.309 e. The topological polar surface area (TPSA) is 54.4 Å². The van der Waals surface area contributed by atoms with Gasteiger partial charge in [0.2, 0.25) is 0 Å². The van der Waals surface area contributed by atoms with E-state index in [4.69, 9.17) is 5.11 Å². The SMILES string of the molecule is CC(=O)C1(C)CCC(C)(C(=O)O)CC1C. The van der Waals surface area contributed by atoms with Gasteiger partial charge in [-0.15, -0.1) is 0 Å². The van der Waals surface area contributed by atoms with Gasteiger partial charge >= 0.3 is 5.97 Å². The lowest BCUT2D eigenvalue weighted by Gasteiger charge is -2.44. The van der Waals surface area contributed by atoms with E-state index >= 15 is 0 Å². The van der Waals surface area contributed by atoms with Crippen LogP contribution in [0.4, 0.5) is 0 Å². The molecule has 3 atom stereocenters. The van der Waals surface area contributed by atoms with Crippen LogP contribution in [-0.4, -0.2) is 16.9 Å². The van der Waals surface area contributed by atoms with Gasteiger partial charge in [0.1, 0.15) is 5.78 Å². The number of ketones is 1. The lowest BCUT2D eigenvalue weighted by Crippen LogP contribution is -2.44. The Hall–Kier alpha value is -0.860. The largest absolute Gasteiger partial charge is 0.481 e. The second-order valence-electron chi connectivity index (χ2n) is 5.44. The van der Waals surface area contributed by atoms with E-state index in [1.165, 1.54) is 0 Å². The second-order valence-corrected chi connectivity index (χ2v) is 5.44. The average Bonchev–Trinajstić information content (AvgIpc) is 2.11. The van der Waals surface area contributed by atoms with Crippen LogP contribution in [-0.2, 0) is 9.59 Å². The van der Waals surface area contributed by atoms with Gasteiger partial charge in [-0.25, -0.2) is 0 Å². The van der Waals surface area contributed by atoms with Crippen LogP contribution in [0.15, 0.2) is 0 Å². The van der Waals surface area contributed by atoms with Gasteiger partial charge in [0.25, 0.3) is 0 Å². The fourth-order valence-electron chi connectivity index (χ4n) is 2.50. The van der Waals surface area contributed by atoms with Crippen LogP contribution >= 0.6 is 0 Å². The minimum absolute atomic E-state index is 0.143. The summed E-state index contributed by atoms with van der Waals surface area (Å²) in [7, 11) is 0. The van der Waals surface area contributed by atoms with E-state index in [1.807, 2.05) is 13.8 Å². The van der Waals surface area contributed by atoms with Crippen molar-refractivity contribution in [3.63, 3.8) is 0 Å². The van der Waals surface area contributed by atoms with Crippen molar-refractivity contribution in [2.75, 3.05) is 0 Å². The molecule has 1 N–H and O–H groups in total. The molecule has 15 heavy (non-hydrogen) atoms. The lowest BCUT2D eigenvalue weighted by molar-refractivity contribution is -0.155. The first kappa shape index (κ1) is 12.2. The number of Topliss-reactive ketones (excluding diaryl/α,β-unsaturated/α-hetero) is 1. The number of rotatable bonds is 2. The molecule has 0 aliphatic heterocycles. The fraction of sp³-hybridized carbons (Fsp3) is 0.833. The van der Waals surface area contributed by atoms with Crippen LogP contribution in [0, 0.1) is 16.7 Å². The third-order valence-electron chi connectivity index (χ3n) is 4.36. The third kappa shape index (κ3) is 1.92. The first-order valence-corrected chi connectivity index (χ1v) is 5.47. The van der Waals surface area contributed by atoms with E-state index in [-0.39, 0.29) is 17.1 Å². The van der Waals surface area contributed by atoms with Crippen LogP contribution in [0.1, 0.15) is 47.0 Å². The van der Waals surface area contributed by atoms with Gasteiger partial charge in [-0.1, -0.05) is 13.8 Å². The van der Waals surface area contributed by atoms with Gasteiger partial charge in [-0.05, 0) is 39.0 Å². The Bertz CT molecular complexity index is 297. The fourth-order valence-corrected chi connectivity index (χ4v) is 2.50. The summed E-state index contributed by atoms with van der Waals surface area (Å²) >= 11 is 0. The highest BCUT2D eigenvalue weighted by Gasteiger charge is 2.48. The van der Waals surface area contributed by atoms with E-state index < -0.39 is 11.4 Å². The minimum Gasteiger partial charge on any atom is -0.481 e. The Morgan fingerprint density at radius 3 is 2.13 bits per heavy atom. The molecule has 3 heteroatoms. The summed E-state index contributed by atoms with van der Waals surface area (Å²) in [4.78, 5) is 22.7. The number of carboxylic acid groups (broad SMARTS) is 1. The summed E-state index contributed by atoms with van der Waals surface area (Å²) in [6.45, 7) is 7.34. The van der Waals surface area contributed by atoms with Crippen molar-refractivity contribution in [1.29, 1.82) is 0 Å². The number of carboxylic acids is 1. The molecule has 0 aromatic rings. The summed E-state index contributed by atoms with van der Waals surface area (Å²) in [5.74, 6) is -0.410. The van der Waals surface area contributed by atoms with Gasteiger partial charge in [0.15, 0.2) is 0 Å². The summed E-state index contributed by atoms with van der Waals surface area (Å²) in [6.07, 6.45) is 1.88. The van der Waals surface area contributed by atoms with Gasteiger partial charge in [-0.2, -0.15) is 0 Å². The molecule has 0 amide bonds. The molecule has 0 radical (unpaired) electrons. The van der Waals surface area contributed by atoms with Crippen LogP contribution in [0.25, 0.3) is 0 Å². The Morgan fingerprint density at radius 2 is 1.80 bits per heavy atom. The van der Waals surface area contributed by atoms with Crippen molar-refractivity contribution >= 4 is 11.8 Å². The zero-order chi connectivity index (χ0) is 11.9. The van der Waals surface area contributed by atoms with Crippen molar-refractivity contribution < 1.29 is 14.7 Å². The van der Waals surface area contributed by atoms with Crippen molar-refractivity contribution in [3.8, 4) is 0 Å². The molecule has 0 saturated heterocycles. The van der Waals surface area contributed by atoms with Crippen LogP contribution in [0.2, 0.25) is 0 Å². The highest BCUT2D eigenvalue weighted by molar-refractivity contribution is 5.83. The highest BCUT2D eigenvalue weighted by Crippen LogP contribution is 2.49. The standard InChI is InChI=1S/C12H20O3/c1-8-7-11(3,10(14)15)5-6-12(8,4)9(2)13/h8H,5-7H2,1-4H3,(H,14,15). The summed E-state index contributed by atoms with van der Waals surface area (Å²) in [5, 5.41) is 9.14. The molecule has 0 aromatic heterocycles. The van der Waals surface area contributed by atoms with Gasteiger partial charge in [0, 0.05) is 5.41 Å². The maximum absolute atomic E-state index is 11.6. The van der Waals surface area contributed by atoms with Crippen LogP contribution < -0.4 is 0 Å². The molecule has 86 valence electrons. The zero-order valence-corrected chi connectivity index (χ0v) is 9.96. The molecular formula is C12H20O3. The van der Waals surface area contributed by atoms with E-state index in [0.717, 1.165) is 0 Å². The van der Waals surface area contributed by atoms with E-state index in [9.17, 15) is 9.59 Å². The summed E-state index contributed by atoms with van der Waals surface area (Å²) in [5.41, 5.74) is -0.969. The number of carbonyl (C=O) groups excluding carboxylic acids is 1. The first-order chi connectivity index (χ1) is 6.72. The molecule has 1 rings (SSSR count). The Balaban J connectivity index is 2.88. The molecule has 0 aromatic carbocycles. The van der Waals surface area contributed by atoms with Gasteiger partial charge < -0.3 is 5.11 Å². The number of aliphatic carboxylic acids is 1. The molecule has 1 saturated carbocycles. The van der Waals surface area contributed by atoms with Crippen LogP contribution in [0.3, 0.4) is 0 Å². The molecule has 0 bridgehead atoms. The number of hydrogen-bond acceptors (Lipinski definition) is 2. The predicted octanol–water partition coefficient (Wildman–Crippen LogP) is 2.49. The summed E-state index contributed by atoms with van der Waals surface area (Å²) < 4.78 is 0. The predicted molar refractivity (Wildman–Crippen MR) is 57.5 cm³/mol. The number of hydrogen-bond donors (Lipinski definition) is 1. The molecule has 3 nitrogen and oxygen atoms in total. The van der Waals surface area contributed by atoms with E-state index in [2.05, 4.69) is 0 Å². The normalized spacial score (nSPS) is 41.2. The minimum atomic E-state index is -0.736. The summed E-state index contributed by atoms with van der Waals surface area (Å²) in [6, 6.07) is 0. The van der Waals surface area contributed by atoms with E-state index in [0.29, 0.717) is 19.3 Å². The van der Waals surface area contributed by atoms with Gasteiger partial charge in [0.05, 0.1) is 5.41 Å². The monoisotopic (exact) mass is 212 g/mol. The highest BCUT2D eigenvalue weighted by atomic mass is 16.4. The molecule has 0 heterocycles. The van der Waals surface area contributed by atoms with Crippen molar-refractivity contribution in [2.24, 2.45) is 16.7 Å². The maximum atomic E-state index is 11.6. The average molecular weight is 212 g/mol. The van der Waals surface area contributed by atoms with Crippen LogP contribution in [0.5, 0.6) is 0 Å². The molecular weight excluding hydrogens is 192 g/mol. The molecule has 1 aliphatic rings. The quantitative estimate of drug-likeness (QED) is 0.765. The van der Waals surface area contributed by atoms with Crippen molar-refractivity contribution in [2.45, 2.75) is 47.0 Å². The smallest absolute Gasteiger partial charge is 0.309 e. The number of carbonyl (C=O) groups is 2. The van der Waals surface area contributed by atoms with E-state index in [1.54, 1.807) is 13.8 Å². The lowest BCUT2D eigenvalue weighted by atomic mass is 9.58. The first-order valence-electron chi connectivity index (χ1n) is 5.47.